The second-order valence-corrected chi connectivity index (χ2v) is 5.55. The molecule has 0 radical (unpaired) electrons. The van der Waals surface area contributed by atoms with Crippen molar-refractivity contribution in [3.05, 3.63) is 64.2 Å². The fraction of sp³-hybridized carbons (Fsp3) is 0.176. The Bertz CT molecular complexity index is 792. The molecule has 25 heavy (non-hydrogen) atoms. The van der Waals surface area contributed by atoms with Crippen LogP contribution in [0, 0.1) is 6.92 Å². The molecule has 132 valence electrons. The molecule has 0 bridgehead atoms. The van der Waals surface area contributed by atoms with E-state index in [1.54, 1.807) is 25.1 Å². The third-order valence-corrected chi connectivity index (χ3v) is 3.35. The highest BCUT2D eigenvalue weighted by atomic mass is 35.5. The zero-order chi connectivity index (χ0) is 18.4. The van der Waals surface area contributed by atoms with Crippen LogP contribution in [-0.2, 0) is 11.0 Å². The summed E-state index contributed by atoms with van der Waals surface area (Å²) in [5.41, 5.74) is 2.38. The van der Waals surface area contributed by atoms with Gasteiger partial charge in [-0.15, -0.1) is 0 Å². The molecule has 4 nitrogen and oxygen atoms in total. The quantitative estimate of drug-likeness (QED) is 0.633. The Morgan fingerprint density at radius 3 is 2.72 bits per heavy atom. The van der Waals surface area contributed by atoms with Crippen LogP contribution in [0.15, 0.2) is 47.6 Å². The first kappa shape index (κ1) is 18.8. The van der Waals surface area contributed by atoms with Crippen molar-refractivity contribution in [2.45, 2.75) is 13.1 Å². The summed E-state index contributed by atoms with van der Waals surface area (Å²) in [6, 6.07) is 9.56. The number of carbonyl (C=O) groups excluding carboxylic acids is 1. The SMILES string of the molecule is Cc1cc(Cl)ccc1OCC(=O)N/N=C/c1cccc(C(F)(F)F)c1. The summed E-state index contributed by atoms with van der Waals surface area (Å²) in [6.07, 6.45) is -3.31. The van der Waals surface area contributed by atoms with Crippen LogP contribution in [0.4, 0.5) is 13.2 Å². The smallest absolute Gasteiger partial charge is 0.416 e. The van der Waals surface area contributed by atoms with Gasteiger partial charge in [-0.05, 0) is 48.4 Å². The number of rotatable bonds is 5. The molecule has 0 saturated heterocycles. The molecule has 0 fully saturated rings. The summed E-state index contributed by atoms with van der Waals surface area (Å²) in [7, 11) is 0. The molecule has 0 unspecified atom stereocenters. The van der Waals surface area contributed by atoms with Crippen molar-refractivity contribution in [1.29, 1.82) is 0 Å². The van der Waals surface area contributed by atoms with Gasteiger partial charge in [-0.3, -0.25) is 4.79 Å². The van der Waals surface area contributed by atoms with E-state index in [1.165, 1.54) is 12.1 Å². The van der Waals surface area contributed by atoms with Gasteiger partial charge in [-0.1, -0.05) is 23.7 Å². The third-order valence-electron chi connectivity index (χ3n) is 3.11. The van der Waals surface area contributed by atoms with Crippen LogP contribution in [0.3, 0.4) is 0 Å². The van der Waals surface area contributed by atoms with E-state index in [0.717, 1.165) is 23.9 Å². The number of nitrogens with zero attached hydrogens (tertiary/aromatic N) is 1. The average Bonchev–Trinajstić information content (AvgIpc) is 2.53. The van der Waals surface area contributed by atoms with Crippen LogP contribution < -0.4 is 10.2 Å². The number of nitrogens with one attached hydrogen (secondary N) is 1. The maximum Gasteiger partial charge on any atom is 0.416 e. The molecule has 8 heteroatoms. The lowest BCUT2D eigenvalue weighted by molar-refractivity contribution is -0.137. The topological polar surface area (TPSA) is 50.7 Å². The van der Waals surface area contributed by atoms with Crippen LogP contribution in [-0.4, -0.2) is 18.7 Å². The van der Waals surface area contributed by atoms with Crippen LogP contribution >= 0.6 is 11.6 Å². The number of hydrogen-bond donors (Lipinski definition) is 1. The molecule has 0 aliphatic carbocycles. The molecule has 2 rings (SSSR count). The van der Waals surface area contributed by atoms with E-state index in [4.69, 9.17) is 16.3 Å². The average molecular weight is 371 g/mol. The van der Waals surface area contributed by atoms with Gasteiger partial charge in [0.2, 0.25) is 0 Å². The van der Waals surface area contributed by atoms with E-state index < -0.39 is 17.6 Å². The Morgan fingerprint density at radius 2 is 2.04 bits per heavy atom. The van der Waals surface area contributed by atoms with Crippen LogP contribution in [0.5, 0.6) is 5.75 Å². The van der Waals surface area contributed by atoms with E-state index >= 15 is 0 Å². The second-order valence-electron chi connectivity index (χ2n) is 5.11. The number of carbonyl (C=O) groups is 1. The lowest BCUT2D eigenvalue weighted by Crippen LogP contribution is -2.24. The Labute approximate surface area is 147 Å². The van der Waals surface area contributed by atoms with E-state index in [1.807, 2.05) is 0 Å². The predicted molar refractivity (Wildman–Crippen MR) is 88.9 cm³/mol. The minimum atomic E-state index is -4.43. The number of hydrogen-bond acceptors (Lipinski definition) is 3. The van der Waals surface area contributed by atoms with Crippen molar-refractivity contribution < 1.29 is 22.7 Å². The Kier molecular flexibility index (Phi) is 6.03. The Hall–Kier alpha value is -2.54. The molecule has 2 aromatic carbocycles. The summed E-state index contributed by atoms with van der Waals surface area (Å²) in [5, 5.41) is 4.18. The van der Waals surface area contributed by atoms with E-state index in [2.05, 4.69) is 10.5 Å². The van der Waals surface area contributed by atoms with Crippen LogP contribution in [0.25, 0.3) is 0 Å². The number of aryl methyl sites for hydroxylation is 1. The van der Waals surface area contributed by atoms with Gasteiger partial charge in [0.15, 0.2) is 6.61 Å². The number of halogens is 4. The summed E-state index contributed by atoms with van der Waals surface area (Å²) in [4.78, 5) is 11.7. The van der Waals surface area contributed by atoms with Gasteiger partial charge >= 0.3 is 6.18 Å². The monoisotopic (exact) mass is 370 g/mol. The zero-order valence-corrected chi connectivity index (χ0v) is 13.9. The highest BCUT2D eigenvalue weighted by Crippen LogP contribution is 2.29. The molecule has 1 N–H and O–H groups in total. The highest BCUT2D eigenvalue weighted by Gasteiger charge is 2.30. The zero-order valence-electron chi connectivity index (χ0n) is 13.1. The number of ether oxygens (including phenoxy) is 1. The van der Waals surface area contributed by atoms with Crippen LogP contribution in [0.2, 0.25) is 5.02 Å². The summed E-state index contributed by atoms with van der Waals surface area (Å²) >= 11 is 5.82. The number of amides is 1. The van der Waals surface area contributed by atoms with Crippen molar-refractivity contribution in [3.8, 4) is 5.75 Å². The van der Waals surface area contributed by atoms with Crippen LogP contribution in [0.1, 0.15) is 16.7 Å². The molecular formula is C17H14ClF3N2O2. The second kappa shape index (κ2) is 8.02. The maximum atomic E-state index is 12.6. The fourth-order valence-electron chi connectivity index (χ4n) is 1.92. The van der Waals surface area contributed by atoms with Gasteiger partial charge in [0.25, 0.3) is 5.91 Å². The van der Waals surface area contributed by atoms with E-state index in [9.17, 15) is 18.0 Å². The lowest BCUT2D eigenvalue weighted by Gasteiger charge is -2.08. The molecule has 0 saturated carbocycles. The summed E-state index contributed by atoms with van der Waals surface area (Å²) < 4.78 is 43.1. The molecule has 0 aliphatic rings. The molecule has 1 amide bonds. The van der Waals surface area contributed by atoms with Gasteiger partial charge in [0, 0.05) is 5.02 Å². The van der Waals surface area contributed by atoms with Crippen molar-refractivity contribution in [1.82, 2.24) is 5.43 Å². The standard InChI is InChI=1S/C17H14ClF3N2O2/c1-11-7-14(18)5-6-15(11)25-10-16(24)23-22-9-12-3-2-4-13(8-12)17(19,20)21/h2-9H,10H2,1H3,(H,23,24)/b22-9+. The van der Waals surface area contributed by atoms with Gasteiger partial charge in [-0.25, -0.2) is 5.43 Å². The van der Waals surface area contributed by atoms with Crippen molar-refractivity contribution in [2.75, 3.05) is 6.61 Å². The molecule has 0 aliphatic heterocycles. The van der Waals surface area contributed by atoms with Gasteiger partial charge < -0.3 is 4.74 Å². The molecule has 0 spiro atoms. The molecule has 0 atom stereocenters. The first-order valence-corrected chi connectivity index (χ1v) is 7.51. The first-order valence-electron chi connectivity index (χ1n) is 7.14. The Morgan fingerprint density at radius 1 is 1.28 bits per heavy atom. The fourth-order valence-corrected chi connectivity index (χ4v) is 2.15. The first-order chi connectivity index (χ1) is 11.8. The van der Waals surface area contributed by atoms with E-state index in [0.29, 0.717) is 10.8 Å². The summed E-state index contributed by atoms with van der Waals surface area (Å²) in [6.45, 7) is 1.49. The number of benzene rings is 2. The highest BCUT2D eigenvalue weighted by molar-refractivity contribution is 6.30. The maximum absolute atomic E-state index is 12.6. The van der Waals surface area contributed by atoms with Gasteiger partial charge in [0.05, 0.1) is 11.8 Å². The minimum absolute atomic E-state index is 0.213. The van der Waals surface area contributed by atoms with Crippen molar-refractivity contribution in [2.24, 2.45) is 5.10 Å². The molecule has 2 aromatic rings. The van der Waals surface area contributed by atoms with Gasteiger partial charge in [-0.2, -0.15) is 18.3 Å². The Balaban J connectivity index is 1.88. The normalized spacial score (nSPS) is 11.6. The van der Waals surface area contributed by atoms with Gasteiger partial charge in [0.1, 0.15) is 5.75 Å². The molecular weight excluding hydrogens is 357 g/mol. The third kappa shape index (κ3) is 5.79. The number of hydrazone groups is 1. The van der Waals surface area contributed by atoms with Crippen molar-refractivity contribution >= 4 is 23.7 Å². The largest absolute Gasteiger partial charge is 0.483 e. The lowest BCUT2D eigenvalue weighted by atomic mass is 10.1. The molecule has 0 heterocycles. The van der Waals surface area contributed by atoms with E-state index in [-0.39, 0.29) is 12.2 Å². The minimum Gasteiger partial charge on any atom is -0.483 e. The summed E-state index contributed by atoms with van der Waals surface area (Å²) in [5.74, 6) is -0.0426. The molecule has 0 aromatic heterocycles. The van der Waals surface area contributed by atoms with Crippen molar-refractivity contribution in [3.63, 3.8) is 0 Å². The predicted octanol–water partition coefficient (Wildman–Crippen LogP) is 4.20. The number of alkyl halides is 3.